The molecule has 0 aliphatic carbocycles. The number of thiophene rings is 1. The Hall–Kier alpha value is -2.39. The normalized spacial score (nSPS) is 21.3. The highest BCUT2D eigenvalue weighted by Gasteiger charge is 2.38. The number of benzene rings is 1. The Morgan fingerprint density at radius 1 is 1.25 bits per heavy atom. The van der Waals surface area contributed by atoms with Gasteiger partial charge in [-0.1, -0.05) is 18.2 Å². The van der Waals surface area contributed by atoms with Gasteiger partial charge in [0.25, 0.3) is 0 Å². The van der Waals surface area contributed by atoms with E-state index in [4.69, 9.17) is 4.74 Å². The van der Waals surface area contributed by atoms with Crippen LogP contribution in [0, 0.1) is 5.92 Å². The first-order chi connectivity index (χ1) is 15.3. The SMILES string of the molecule is O=C1CC(C(=O)N(Cc2cccs2)CC2CCCO2)CN1Cc1cccc(C(F)(F)F)c1. The first-order valence-corrected chi connectivity index (χ1v) is 11.5. The molecule has 5 nitrogen and oxygen atoms in total. The Bertz CT molecular complexity index is 942. The van der Waals surface area contributed by atoms with Crippen molar-refractivity contribution in [3.63, 3.8) is 0 Å². The summed E-state index contributed by atoms with van der Waals surface area (Å²) in [6.45, 7) is 1.91. The molecule has 0 radical (unpaired) electrons. The van der Waals surface area contributed by atoms with Gasteiger partial charge >= 0.3 is 6.18 Å². The molecule has 32 heavy (non-hydrogen) atoms. The number of ether oxygens (including phenoxy) is 1. The molecule has 2 aliphatic rings. The second-order valence-corrected chi connectivity index (χ2v) is 9.34. The van der Waals surface area contributed by atoms with Crippen LogP contribution in [0.1, 0.15) is 35.3 Å². The lowest BCUT2D eigenvalue weighted by atomic mass is 10.1. The predicted molar refractivity (Wildman–Crippen MR) is 114 cm³/mol. The van der Waals surface area contributed by atoms with Gasteiger partial charge in [0.1, 0.15) is 0 Å². The highest BCUT2D eigenvalue weighted by molar-refractivity contribution is 7.09. The molecular weight excluding hydrogens is 441 g/mol. The van der Waals surface area contributed by atoms with Crippen molar-refractivity contribution in [3.05, 3.63) is 57.8 Å². The van der Waals surface area contributed by atoms with Gasteiger partial charge in [-0.3, -0.25) is 9.59 Å². The molecule has 2 saturated heterocycles. The minimum absolute atomic E-state index is 0.00257. The zero-order valence-electron chi connectivity index (χ0n) is 17.5. The van der Waals surface area contributed by atoms with Crippen LogP contribution in [0.2, 0.25) is 0 Å². The molecule has 1 aromatic heterocycles. The lowest BCUT2D eigenvalue weighted by Crippen LogP contribution is -2.41. The molecule has 2 atom stereocenters. The molecule has 9 heteroatoms. The lowest BCUT2D eigenvalue weighted by Gasteiger charge is -2.27. The number of halogens is 3. The van der Waals surface area contributed by atoms with Gasteiger partial charge in [-0.25, -0.2) is 0 Å². The van der Waals surface area contributed by atoms with E-state index in [2.05, 4.69) is 0 Å². The minimum Gasteiger partial charge on any atom is -0.376 e. The van der Waals surface area contributed by atoms with Gasteiger partial charge in [-0.05, 0) is 42.0 Å². The molecule has 0 N–H and O–H groups in total. The zero-order chi connectivity index (χ0) is 22.7. The van der Waals surface area contributed by atoms with E-state index in [1.807, 2.05) is 17.5 Å². The van der Waals surface area contributed by atoms with Gasteiger partial charge < -0.3 is 14.5 Å². The molecular formula is C23H25F3N2O3S. The zero-order valence-corrected chi connectivity index (χ0v) is 18.3. The van der Waals surface area contributed by atoms with E-state index in [9.17, 15) is 22.8 Å². The third kappa shape index (κ3) is 5.50. The van der Waals surface area contributed by atoms with Crippen molar-refractivity contribution in [3.8, 4) is 0 Å². The standard InChI is InChI=1S/C23H25F3N2O3S/c24-23(25,26)18-5-1-4-16(10-18)12-27-13-17(11-21(27)29)22(30)28(14-19-6-2-8-31-19)15-20-7-3-9-32-20/h1,3-5,7,9-10,17,19H,2,6,8,11-15H2. The van der Waals surface area contributed by atoms with Gasteiger partial charge in [0.15, 0.2) is 0 Å². The maximum Gasteiger partial charge on any atom is 0.416 e. The minimum atomic E-state index is -4.44. The van der Waals surface area contributed by atoms with Crippen LogP contribution in [0.5, 0.6) is 0 Å². The van der Waals surface area contributed by atoms with Crippen LogP contribution >= 0.6 is 11.3 Å². The summed E-state index contributed by atoms with van der Waals surface area (Å²) in [5, 5.41) is 1.96. The fourth-order valence-electron chi connectivity index (χ4n) is 4.27. The molecule has 4 rings (SSSR count). The third-order valence-electron chi connectivity index (χ3n) is 5.88. The van der Waals surface area contributed by atoms with Gasteiger partial charge in [-0.2, -0.15) is 13.2 Å². The highest BCUT2D eigenvalue weighted by Crippen LogP contribution is 2.31. The van der Waals surface area contributed by atoms with Crippen LogP contribution in [0.4, 0.5) is 13.2 Å². The first-order valence-electron chi connectivity index (χ1n) is 10.7. The molecule has 0 saturated carbocycles. The summed E-state index contributed by atoms with van der Waals surface area (Å²) in [6.07, 6.45) is -2.49. The van der Waals surface area contributed by atoms with Crippen LogP contribution in [0.15, 0.2) is 41.8 Å². The van der Waals surface area contributed by atoms with E-state index >= 15 is 0 Å². The number of rotatable bonds is 7. The van der Waals surface area contributed by atoms with Crippen LogP contribution < -0.4 is 0 Å². The number of likely N-dealkylation sites (tertiary alicyclic amines) is 1. The largest absolute Gasteiger partial charge is 0.416 e. The fourth-order valence-corrected chi connectivity index (χ4v) is 4.99. The smallest absolute Gasteiger partial charge is 0.376 e. The molecule has 0 bridgehead atoms. The van der Waals surface area contributed by atoms with Crippen LogP contribution in [0.25, 0.3) is 0 Å². The van der Waals surface area contributed by atoms with Crippen LogP contribution in [-0.2, 0) is 33.6 Å². The molecule has 2 aromatic rings. The monoisotopic (exact) mass is 466 g/mol. The number of amides is 2. The van der Waals surface area contributed by atoms with Crippen molar-refractivity contribution in [2.75, 3.05) is 19.7 Å². The molecule has 0 spiro atoms. The molecule has 3 heterocycles. The topological polar surface area (TPSA) is 49.9 Å². The molecule has 2 fully saturated rings. The average Bonchev–Trinajstić information content (AvgIpc) is 3.51. The molecule has 172 valence electrons. The third-order valence-corrected chi connectivity index (χ3v) is 6.74. The van der Waals surface area contributed by atoms with E-state index in [1.54, 1.807) is 22.3 Å². The number of carbonyl (C=O) groups excluding carboxylic acids is 2. The average molecular weight is 467 g/mol. The van der Waals surface area contributed by atoms with Crippen LogP contribution in [0.3, 0.4) is 0 Å². The van der Waals surface area contributed by atoms with Gasteiger partial charge in [0, 0.05) is 37.5 Å². The number of hydrogen-bond acceptors (Lipinski definition) is 4. The number of nitrogens with zero attached hydrogens (tertiary/aromatic N) is 2. The van der Waals surface area contributed by atoms with Crippen molar-refractivity contribution < 1.29 is 27.5 Å². The van der Waals surface area contributed by atoms with Gasteiger partial charge in [0.2, 0.25) is 11.8 Å². The van der Waals surface area contributed by atoms with Crippen molar-refractivity contribution in [2.45, 2.75) is 44.6 Å². The molecule has 1 aromatic carbocycles. The van der Waals surface area contributed by atoms with E-state index in [1.165, 1.54) is 11.0 Å². The summed E-state index contributed by atoms with van der Waals surface area (Å²) in [4.78, 5) is 30.2. The first kappa shape index (κ1) is 22.8. The maximum atomic E-state index is 13.3. The number of alkyl halides is 3. The molecule has 2 amide bonds. The van der Waals surface area contributed by atoms with Crippen molar-refractivity contribution in [1.29, 1.82) is 0 Å². The van der Waals surface area contributed by atoms with Crippen molar-refractivity contribution in [1.82, 2.24) is 9.80 Å². The van der Waals surface area contributed by atoms with Crippen molar-refractivity contribution >= 4 is 23.2 Å². The van der Waals surface area contributed by atoms with E-state index in [0.717, 1.165) is 29.9 Å². The summed E-state index contributed by atoms with van der Waals surface area (Å²) in [6, 6.07) is 8.88. The summed E-state index contributed by atoms with van der Waals surface area (Å²) >= 11 is 1.57. The predicted octanol–water partition coefficient (Wildman–Crippen LogP) is 4.32. The Labute approximate surface area is 188 Å². The second-order valence-electron chi connectivity index (χ2n) is 8.31. The van der Waals surface area contributed by atoms with E-state index in [0.29, 0.717) is 25.3 Å². The summed E-state index contributed by atoms with van der Waals surface area (Å²) in [7, 11) is 0. The Balaban J connectivity index is 1.43. The van der Waals surface area contributed by atoms with E-state index in [-0.39, 0.29) is 37.4 Å². The number of carbonyl (C=O) groups is 2. The maximum absolute atomic E-state index is 13.3. The van der Waals surface area contributed by atoms with Gasteiger partial charge in [0.05, 0.1) is 24.1 Å². The van der Waals surface area contributed by atoms with Crippen molar-refractivity contribution in [2.24, 2.45) is 5.92 Å². The Kier molecular flexibility index (Phi) is 6.85. The summed E-state index contributed by atoms with van der Waals surface area (Å²) in [5.74, 6) is -0.822. The highest BCUT2D eigenvalue weighted by atomic mass is 32.1. The number of hydrogen-bond donors (Lipinski definition) is 0. The second kappa shape index (κ2) is 9.62. The lowest BCUT2D eigenvalue weighted by molar-refractivity contribution is -0.138. The van der Waals surface area contributed by atoms with E-state index < -0.39 is 17.7 Å². The summed E-state index contributed by atoms with van der Waals surface area (Å²) < 4.78 is 44.7. The Morgan fingerprint density at radius 2 is 2.09 bits per heavy atom. The fraction of sp³-hybridized carbons (Fsp3) is 0.478. The molecule has 2 aliphatic heterocycles. The summed E-state index contributed by atoms with van der Waals surface area (Å²) in [5.41, 5.74) is -0.343. The van der Waals surface area contributed by atoms with Gasteiger partial charge in [-0.15, -0.1) is 11.3 Å². The quantitative estimate of drug-likeness (QED) is 0.611. The Morgan fingerprint density at radius 3 is 2.78 bits per heavy atom. The molecule has 2 unspecified atom stereocenters. The van der Waals surface area contributed by atoms with Crippen LogP contribution in [-0.4, -0.2) is 47.4 Å².